The number of methoxy groups -OCH3 is 1. The van der Waals surface area contributed by atoms with Crippen molar-refractivity contribution in [2.75, 3.05) is 7.11 Å². The second-order valence-corrected chi connectivity index (χ2v) is 2.85. The molecule has 13 heavy (non-hydrogen) atoms. The normalized spacial score (nSPS) is 15.8. The van der Waals surface area contributed by atoms with Gasteiger partial charge in [-0.1, -0.05) is 30.7 Å². The van der Waals surface area contributed by atoms with Crippen LogP contribution in [-0.2, 0) is 9.53 Å². The lowest BCUT2D eigenvalue weighted by Gasteiger charge is -1.97. The largest absolute Gasteiger partial charge is 0.465 e. The molecule has 0 radical (unpaired) electrons. The molecule has 1 aliphatic carbocycles. The zero-order valence-corrected chi connectivity index (χ0v) is 8.04. The van der Waals surface area contributed by atoms with Crippen molar-refractivity contribution in [2.45, 2.75) is 19.8 Å². The van der Waals surface area contributed by atoms with Gasteiger partial charge in [0.2, 0.25) is 0 Å². The maximum atomic E-state index is 11.1. The fourth-order valence-corrected chi connectivity index (χ4v) is 1.20. The molecule has 0 bridgehead atoms. The predicted octanol–water partition coefficient (Wildman–Crippen LogP) is 2.38. The molecular weight excluding hydrogens is 164 g/mol. The summed E-state index contributed by atoms with van der Waals surface area (Å²) in [4.78, 5) is 11.1. The molecule has 0 heterocycles. The minimum Gasteiger partial charge on any atom is -0.465 e. The Labute approximate surface area is 78.6 Å². The molecule has 0 atom stereocenters. The number of rotatable bonds is 2. The Morgan fingerprint density at radius 3 is 2.85 bits per heavy atom. The Morgan fingerprint density at radius 2 is 2.23 bits per heavy atom. The fraction of sp³-hybridized carbons (Fsp3) is 0.364. The molecular formula is C11H14O2. The van der Waals surface area contributed by atoms with Crippen LogP contribution in [0.15, 0.2) is 35.5 Å². The van der Waals surface area contributed by atoms with Gasteiger partial charge in [-0.3, -0.25) is 0 Å². The Kier molecular flexibility index (Phi) is 3.50. The van der Waals surface area contributed by atoms with Crippen molar-refractivity contribution in [1.82, 2.24) is 0 Å². The van der Waals surface area contributed by atoms with Gasteiger partial charge in [-0.2, -0.15) is 0 Å². The zero-order valence-electron chi connectivity index (χ0n) is 8.04. The minimum atomic E-state index is -0.262. The van der Waals surface area contributed by atoms with Gasteiger partial charge >= 0.3 is 5.97 Å². The first kappa shape index (κ1) is 9.78. The first-order valence-electron chi connectivity index (χ1n) is 4.43. The van der Waals surface area contributed by atoms with E-state index in [1.165, 1.54) is 12.7 Å². The van der Waals surface area contributed by atoms with Crippen molar-refractivity contribution in [3.8, 4) is 0 Å². The molecule has 2 nitrogen and oxygen atoms in total. The van der Waals surface area contributed by atoms with Crippen LogP contribution < -0.4 is 0 Å². The van der Waals surface area contributed by atoms with Crippen molar-refractivity contribution in [1.29, 1.82) is 0 Å². The van der Waals surface area contributed by atoms with E-state index in [4.69, 9.17) is 0 Å². The maximum Gasteiger partial charge on any atom is 0.337 e. The van der Waals surface area contributed by atoms with Gasteiger partial charge in [0, 0.05) is 0 Å². The van der Waals surface area contributed by atoms with E-state index in [-0.39, 0.29) is 5.97 Å². The van der Waals surface area contributed by atoms with Crippen LogP contribution in [0.2, 0.25) is 0 Å². The molecule has 1 rings (SSSR count). The molecule has 0 fully saturated rings. The quantitative estimate of drug-likeness (QED) is 0.607. The smallest absolute Gasteiger partial charge is 0.337 e. The number of ether oxygens (including phenoxy) is 1. The number of esters is 1. The van der Waals surface area contributed by atoms with Gasteiger partial charge in [0.1, 0.15) is 0 Å². The lowest BCUT2D eigenvalue weighted by Crippen LogP contribution is -2.01. The Bertz CT molecular complexity index is 282. The molecule has 0 N–H and O–H groups in total. The van der Waals surface area contributed by atoms with E-state index in [1.54, 1.807) is 0 Å². The molecule has 0 saturated heterocycles. The molecule has 0 spiro atoms. The summed E-state index contributed by atoms with van der Waals surface area (Å²) in [7, 11) is 1.40. The fourth-order valence-electron chi connectivity index (χ4n) is 1.20. The monoisotopic (exact) mass is 178 g/mol. The van der Waals surface area contributed by atoms with Gasteiger partial charge in [0.15, 0.2) is 0 Å². The van der Waals surface area contributed by atoms with E-state index in [1.807, 2.05) is 18.2 Å². The molecule has 0 aromatic rings. The lowest BCUT2D eigenvalue weighted by molar-refractivity contribution is -0.135. The average Bonchev–Trinajstić information content (AvgIpc) is 2.41. The van der Waals surface area contributed by atoms with Gasteiger partial charge in [0.25, 0.3) is 0 Å². The highest BCUT2D eigenvalue weighted by Crippen LogP contribution is 2.13. The van der Waals surface area contributed by atoms with Crippen LogP contribution in [0.3, 0.4) is 0 Å². The summed E-state index contributed by atoms with van der Waals surface area (Å²) in [5, 5.41) is 0. The number of hydrogen-bond acceptors (Lipinski definition) is 2. The molecule has 0 unspecified atom stereocenters. The van der Waals surface area contributed by atoms with Gasteiger partial charge in [-0.15, -0.1) is 0 Å². The second kappa shape index (κ2) is 4.65. The highest BCUT2D eigenvalue weighted by molar-refractivity contribution is 5.91. The van der Waals surface area contributed by atoms with E-state index in [2.05, 4.69) is 17.7 Å². The van der Waals surface area contributed by atoms with Crippen LogP contribution in [0.1, 0.15) is 19.8 Å². The molecule has 2 heteroatoms. The third-order valence-corrected chi connectivity index (χ3v) is 2.02. The van der Waals surface area contributed by atoms with Gasteiger partial charge in [-0.05, 0) is 18.9 Å². The van der Waals surface area contributed by atoms with Crippen molar-refractivity contribution in [3.05, 3.63) is 35.5 Å². The highest BCUT2D eigenvalue weighted by Gasteiger charge is 2.06. The molecule has 0 amide bonds. The van der Waals surface area contributed by atoms with Gasteiger partial charge in [-0.25, -0.2) is 4.79 Å². The number of carbonyl (C=O) groups is 1. The topological polar surface area (TPSA) is 26.3 Å². The van der Waals surface area contributed by atoms with Gasteiger partial charge in [0.05, 0.1) is 12.7 Å². The molecule has 0 aromatic heterocycles. The zero-order chi connectivity index (χ0) is 9.68. The third kappa shape index (κ3) is 2.58. The average molecular weight is 178 g/mol. The first-order chi connectivity index (χ1) is 6.27. The minimum absolute atomic E-state index is 0.262. The van der Waals surface area contributed by atoms with Crippen LogP contribution in [-0.4, -0.2) is 13.1 Å². The third-order valence-electron chi connectivity index (χ3n) is 2.02. The Hall–Kier alpha value is -1.31. The number of hydrogen-bond donors (Lipinski definition) is 0. The molecule has 0 saturated carbocycles. The summed E-state index contributed by atoms with van der Waals surface area (Å²) in [6, 6.07) is 0. The van der Waals surface area contributed by atoms with Crippen LogP contribution >= 0.6 is 0 Å². The van der Waals surface area contributed by atoms with Crippen molar-refractivity contribution in [2.24, 2.45) is 0 Å². The maximum absolute atomic E-state index is 11.1. The van der Waals surface area contributed by atoms with Crippen molar-refractivity contribution < 1.29 is 9.53 Å². The van der Waals surface area contributed by atoms with Gasteiger partial charge < -0.3 is 4.74 Å². The van der Waals surface area contributed by atoms with Crippen LogP contribution in [0.4, 0.5) is 0 Å². The molecule has 1 aliphatic rings. The van der Waals surface area contributed by atoms with E-state index in [0.29, 0.717) is 5.57 Å². The van der Waals surface area contributed by atoms with E-state index >= 15 is 0 Å². The predicted molar refractivity (Wildman–Crippen MR) is 52.2 cm³/mol. The number of allylic oxidation sites excluding steroid dienone is 4. The summed E-state index contributed by atoms with van der Waals surface area (Å²) >= 11 is 0. The Balaban J connectivity index is 2.74. The second-order valence-electron chi connectivity index (χ2n) is 2.85. The Morgan fingerprint density at radius 1 is 1.46 bits per heavy atom. The highest BCUT2D eigenvalue weighted by atomic mass is 16.5. The lowest BCUT2D eigenvalue weighted by atomic mass is 10.2. The van der Waals surface area contributed by atoms with Crippen molar-refractivity contribution >= 4 is 5.97 Å². The van der Waals surface area contributed by atoms with Crippen molar-refractivity contribution in [3.63, 3.8) is 0 Å². The molecule has 70 valence electrons. The summed E-state index contributed by atoms with van der Waals surface area (Å²) in [5.41, 5.74) is 1.90. The van der Waals surface area contributed by atoms with Crippen LogP contribution in [0, 0.1) is 0 Å². The van der Waals surface area contributed by atoms with E-state index in [0.717, 1.165) is 12.8 Å². The number of carbonyl (C=O) groups excluding carboxylic acids is 1. The summed E-state index contributed by atoms with van der Waals surface area (Å²) in [6.45, 7) is 2.10. The molecule has 0 aromatic carbocycles. The summed E-state index contributed by atoms with van der Waals surface area (Å²) in [5.74, 6) is -0.262. The van der Waals surface area contributed by atoms with Crippen LogP contribution in [0.5, 0.6) is 0 Å². The standard InChI is InChI=1S/C11H14O2/c1-3-9-5-4-6-10(8-7-9)11(12)13-2/h5-8H,3-4H2,1-2H3. The first-order valence-corrected chi connectivity index (χ1v) is 4.43. The van der Waals surface area contributed by atoms with Crippen LogP contribution in [0.25, 0.3) is 0 Å². The summed E-state index contributed by atoms with van der Waals surface area (Å²) < 4.78 is 4.63. The molecule has 0 aliphatic heterocycles. The SMILES string of the molecule is CCC1=CCC=C(C(=O)OC)C=C1. The van der Waals surface area contributed by atoms with E-state index < -0.39 is 0 Å². The van der Waals surface area contributed by atoms with E-state index in [9.17, 15) is 4.79 Å². The summed E-state index contributed by atoms with van der Waals surface area (Å²) in [6.07, 6.45) is 9.58.